The first-order chi connectivity index (χ1) is 23.3. The number of anilines is 3. The second-order valence-corrected chi connectivity index (χ2v) is 16.4. The van der Waals surface area contributed by atoms with Crippen LogP contribution in [0.1, 0.15) is 78.5 Å². The van der Waals surface area contributed by atoms with E-state index in [-0.39, 0.29) is 19.9 Å². The summed E-state index contributed by atoms with van der Waals surface area (Å²) in [5.74, 6) is 0.834. The average molecular weight is 687 g/mol. The van der Waals surface area contributed by atoms with Crippen molar-refractivity contribution >= 4 is 50.9 Å². The number of aryl methyl sites for hydroxylation is 1. The van der Waals surface area contributed by atoms with Gasteiger partial charge in [-0.3, -0.25) is 0 Å². The molecule has 0 fully saturated rings. The van der Waals surface area contributed by atoms with Crippen LogP contribution in [0.15, 0.2) is 126 Å². The number of benzene rings is 6. The minimum atomic E-state index is -0.524. The predicted octanol–water partition coefficient (Wildman–Crippen LogP) is 11.1. The van der Waals surface area contributed by atoms with Crippen molar-refractivity contribution in [3.8, 4) is 11.1 Å². The SMILES string of the molecule is Cc1ccc2c(c1)N(c1cc(C(C)C)cc(C(C)C)c1)c1ccccc1C21c2ccccc2-c2cc3c(=O)c4ccccc4[se]c3cc21. The molecule has 0 saturated heterocycles. The van der Waals surface area contributed by atoms with Gasteiger partial charge in [0.25, 0.3) is 0 Å². The summed E-state index contributed by atoms with van der Waals surface area (Å²) in [5.41, 5.74) is 14.7. The van der Waals surface area contributed by atoms with Crippen molar-refractivity contribution in [1.29, 1.82) is 0 Å². The van der Waals surface area contributed by atoms with Crippen molar-refractivity contribution in [2.24, 2.45) is 0 Å². The number of rotatable bonds is 3. The second-order valence-electron chi connectivity index (χ2n) is 14.2. The van der Waals surface area contributed by atoms with Crippen LogP contribution in [-0.2, 0) is 5.41 Å². The summed E-state index contributed by atoms with van der Waals surface area (Å²) in [6, 6.07) is 45.0. The Labute approximate surface area is 288 Å². The number of nitrogens with zero attached hydrogens (tertiary/aromatic N) is 1. The van der Waals surface area contributed by atoms with Crippen molar-refractivity contribution in [2.45, 2.75) is 51.9 Å². The predicted molar refractivity (Wildman–Crippen MR) is 203 cm³/mol. The molecule has 3 heteroatoms. The van der Waals surface area contributed by atoms with Crippen LogP contribution in [0.5, 0.6) is 0 Å². The maximum absolute atomic E-state index is 14.0. The standard InChI is InChI=1S/C45H37NOSe/c1-26(2)29-21-30(27(3)4)23-31(22-29)46-40-16-10-9-15-37(40)45(38-19-18-28(5)20-41(38)46)36-14-8-6-12-32(36)34-24-35-43(25-39(34)45)48-42-17-11-7-13-33(42)44(35)47/h6-27H,1-5H3. The van der Waals surface area contributed by atoms with Crippen molar-refractivity contribution in [1.82, 2.24) is 0 Å². The molecule has 2 nitrogen and oxygen atoms in total. The Bertz CT molecular complexity index is 2490. The molecule has 1 aliphatic heterocycles. The molecule has 1 aromatic heterocycles. The van der Waals surface area contributed by atoms with Crippen LogP contribution in [0.4, 0.5) is 17.1 Å². The topological polar surface area (TPSA) is 20.3 Å². The van der Waals surface area contributed by atoms with Gasteiger partial charge in [-0.1, -0.05) is 0 Å². The van der Waals surface area contributed by atoms with E-state index < -0.39 is 5.41 Å². The molecule has 0 bridgehead atoms. The van der Waals surface area contributed by atoms with Crippen LogP contribution < -0.4 is 10.3 Å². The Hall–Kier alpha value is -4.69. The summed E-state index contributed by atoms with van der Waals surface area (Å²) in [5, 5.41) is 1.72. The molecule has 0 N–H and O–H groups in total. The molecule has 234 valence electrons. The number of hydrogen-bond acceptors (Lipinski definition) is 2. The van der Waals surface area contributed by atoms with E-state index in [9.17, 15) is 4.79 Å². The fourth-order valence-electron chi connectivity index (χ4n) is 8.29. The monoisotopic (exact) mass is 687 g/mol. The van der Waals surface area contributed by atoms with Gasteiger partial charge >= 0.3 is 289 Å². The van der Waals surface area contributed by atoms with Gasteiger partial charge in [0.2, 0.25) is 0 Å². The van der Waals surface area contributed by atoms with E-state index in [0.29, 0.717) is 11.8 Å². The van der Waals surface area contributed by atoms with Gasteiger partial charge in [-0.25, -0.2) is 0 Å². The van der Waals surface area contributed by atoms with Crippen molar-refractivity contribution in [3.05, 3.63) is 170 Å². The third kappa shape index (κ3) is 4.01. The molecule has 0 amide bonds. The maximum atomic E-state index is 14.0. The number of fused-ring (bicyclic) bond motifs is 11. The zero-order valence-corrected chi connectivity index (χ0v) is 29.7. The van der Waals surface area contributed by atoms with Crippen LogP contribution in [0.2, 0.25) is 0 Å². The first-order valence-corrected chi connectivity index (χ1v) is 18.7. The Morgan fingerprint density at radius 3 is 2.00 bits per heavy atom. The normalized spacial score (nSPS) is 16.1. The molecule has 1 unspecified atom stereocenters. The van der Waals surface area contributed by atoms with E-state index in [1.165, 1.54) is 75.7 Å². The van der Waals surface area contributed by atoms with Gasteiger partial charge in [0.05, 0.1) is 0 Å². The average Bonchev–Trinajstić information content (AvgIpc) is 3.37. The van der Waals surface area contributed by atoms with Crippen molar-refractivity contribution in [2.75, 3.05) is 4.90 Å². The summed E-state index contributed by atoms with van der Waals surface area (Å²) in [4.78, 5) is 16.5. The van der Waals surface area contributed by atoms with E-state index in [4.69, 9.17) is 0 Å². The van der Waals surface area contributed by atoms with E-state index >= 15 is 0 Å². The molecule has 0 radical (unpaired) electrons. The Morgan fingerprint density at radius 2 is 1.23 bits per heavy atom. The Kier molecular flexibility index (Phi) is 6.54. The zero-order valence-electron chi connectivity index (χ0n) is 28.0. The fraction of sp³-hybridized carbons (Fsp3) is 0.178. The third-order valence-electron chi connectivity index (χ3n) is 10.6. The fourth-order valence-corrected chi connectivity index (χ4v) is 10.6. The van der Waals surface area contributed by atoms with Crippen LogP contribution in [-0.4, -0.2) is 14.5 Å². The molecule has 1 spiro atoms. The molecule has 6 aromatic carbocycles. The van der Waals surface area contributed by atoms with Gasteiger partial charge in [-0.05, 0) is 0 Å². The van der Waals surface area contributed by atoms with E-state index in [0.717, 1.165) is 10.8 Å². The van der Waals surface area contributed by atoms with Crippen molar-refractivity contribution < 1.29 is 0 Å². The van der Waals surface area contributed by atoms with Crippen molar-refractivity contribution in [3.63, 3.8) is 0 Å². The summed E-state index contributed by atoms with van der Waals surface area (Å²) in [6.07, 6.45) is 0. The summed E-state index contributed by atoms with van der Waals surface area (Å²) in [7, 11) is 0. The quantitative estimate of drug-likeness (QED) is 0.136. The minimum absolute atomic E-state index is 0.0334. The van der Waals surface area contributed by atoms with E-state index in [1.807, 2.05) is 12.1 Å². The first-order valence-electron chi connectivity index (χ1n) is 17.0. The summed E-state index contributed by atoms with van der Waals surface area (Å²) >= 11 is 0.0334. The van der Waals surface area contributed by atoms with E-state index in [2.05, 4.69) is 149 Å². The molecule has 0 saturated carbocycles. The van der Waals surface area contributed by atoms with E-state index in [1.54, 1.807) is 0 Å². The van der Waals surface area contributed by atoms with Gasteiger partial charge in [0.1, 0.15) is 0 Å². The molecule has 1 atom stereocenters. The number of para-hydroxylation sites is 1. The Morgan fingerprint density at radius 1 is 0.562 bits per heavy atom. The summed E-state index contributed by atoms with van der Waals surface area (Å²) < 4.78 is 2.35. The van der Waals surface area contributed by atoms with Gasteiger partial charge in [-0.15, -0.1) is 0 Å². The van der Waals surface area contributed by atoms with Crippen LogP contribution >= 0.6 is 0 Å². The van der Waals surface area contributed by atoms with Gasteiger partial charge in [0, 0.05) is 0 Å². The molecule has 1 aliphatic carbocycles. The third-order valence-corrected chi connectivity index (χ3v) is 13.0. The molecule has 9 rings (SSSR count). The van der Waals surface area contributed by atoms with Gasteiger partial charge in [0.15, 0.2) is 0 Å². The second kappa shape index (κ2) is 10.7. The zero-order chi connectivity index (χ0) is 32.9. The Balaban J connectivity index is 1.42. The van der Waals surface area contributed by atoms with Crippen LogP contribution in [0.3, 0.4) is 0 Å². The van der Waals surface area contributed by atoms with Gasteiger partial charge in [-0.2, -0.15) is 0 Å². The number of hydrogen-bond donors (Lipinski definition) is 0. The molecule has 48 heavy (non-hydrogen) atoms. The molecular weight excluding hydrogens is 649 g/mol. The molecule has 2 heterocycles. The van der Waals surface area contributed by atoms with Gasteiger partial charge < -0.3 is 0 Å². The van der Waals surface area contributed by atoms with Crippen LogP contribution in [0.25, 0.3) is 30.4 Å². The van der Waals surface area contributed by atoms with Crippen LogP contribution in [0, 0.1) is 6.92 Å². The first kappa shape index (κ1) is 29.4. The molecule has 7 aromatic rings. The molecule has 2 aliphatic rings. The summed E-state index contributed by atoms with van der Waals surface area (Å²) in [6.45, 7) is 11.4. The molecular formula is C45H37NOSe.